The van der Waals surface area contributed by atoms with Gasteiger partial charge in [-0.05, 0) is 37.1 Å². The Morgan fingerprint density at radius 2 is 1.43 bits per heavy atom. The number of nitrogens with zero attached hydrogens (tertiary/aromatic N) is 1. The molecule has 0 N–H and O–H groups in total. The molecule has 1 heterocycles. The highest BCUT2D eigenvalue weighted by Gasteiger charge is 2.25. The van der Waals surface area contributed by atoms with Crippen LogP contribution in [0.25, 0.3) is 0 Å². The van der Waals surface area contributed by atoms with Crippen molar-refractivity contribution in [3.63, 3.8) is 0 Å². The fourth-order valence-electron chi connectivity index (χ4n) is 2.89. The molecular formula is C23H23NO3S. The van der Waals surface area contributed by atoms with Crippen molar-refractivity contribution < 1.29 is 14.3 Å². The summed E-state index contributed by atoms with van der Waals surface area (Å²) in [7, 11) is 0. The molecule has 3 rings (SSSR count). The van der Waals surface area contributed by atoms with Gasteiger partial charge in [-0.1, -0.05) is 60.7 Å². The first-order chi connectivity index (χ1) is 13.5. The van der Waals surface area contributed by atoms with Crippen molar-refractivity contribution in [2.75, 3.05) is 0 Å². The lowest BCUT2D eigenvalue weighted by atomic mass is 10.1. The average Bonchev–Trinajstić information content (AvgIpc) is 3.15. The van der Waals surface area contributed by atoms with Gasteiger partial charge in [0.2, 0.25) is 0 Å². The van der Waals surface area contributed by atoms with Gasteiger partial charge in [0, 0.05) is 18.0 Å². The van der Waals surface area contributed by atoms with Crippen LogP contribution in [-0.2, 0) is 22.6 Å². The molecule has 0 saturated heterocycles. The second kappa shape index (κ2) is 9.33. The average molecular weight is 394 g/mol. The molecule has 5 heteroatoms. The van der Waals surface area contributed by atoms with E-state index in [1.165, 1.54) is 11.3 Å². The highest BCUT2D eigenvalue weighted by molar-refractivity contribution is 7.13. The molecule has 4 nitrogen and oxygen atoms in total. The number of hydrogen-bond donors (Lipinski definition) is 0. The Labute approximate surface area is 169 Å². The molecular weight excluding hydrogens is 370 g/mol. The number of carbonyl (C=O) groups excluding carboxylic acids is 2. The Balaban J connectivity index is 1.73. The minimum atomic E-state index is -0.859. The maximum absolute atomic E-state index is 13.1. The summed E-state index contributed by atoms with van der Waals surface area (Å²) in [5.74, 6) is -0.673. The van der Waals surface area contributed by atoms with Crippen molar-refractivity contribution in [3.05, 3.63) is 93.7 Å². The zero-order chi connectivity index (χ0) is 19.9. The SMILES string of the molecule is Cc1ccc(C(=O)O[C@H](C)C(=O)N(Cc2ccccc2)Cc2ccccc2)s1. The number of esters is 1. The summed E-state index contributed by atoms with van der Waals surface area (Å²) < 4.78 is 5.45. The van der Waals surface area contributed by atoms with E-state index in [9.17, 15) is 9.59 Å². The van der Waals surface area contributed by atoms with Crippen molar-refractivity contribution in [3.8, 4) is 0 Å². The maximum atomic E-state index is 13.1. The number of amides is 1. The largest absolute Gasteiger partial charge is 0.448 e. The summed E-state index contributed by atoms with van der Waals surface area (Å²) >= 11 is 1.36. The molecule has 0 unspecified atom stereocenters. The van der Waals surface area contributed by atoms with Gasteiger partial charge in [0.25, 0.3) is 5.91 Å². The molecule has 2 aromatic carbocycles. The third-order valence-electron chi connectivity index (χ3n) is 4.32. The fraction of sp³-hybridized carbons (Fsp3) is 0.217. The minimum Gasteiger partial charge on any atom is -0.448 e. The second-order valence-corrected chi connectivity index (χ2v) is 7.91. The Hall–Kier alpha value is -2.92. The highest BCUT2D eigenvalue weighted by Crippen LogP contribution is 2.18. The number of aryl methyl sites for hydroxylation is 1. The van der Waals surface area contributed by atoms with E-state index in [2.05, 4.69) is 0 Å². The van der Waals surface area contributed by atoms with Crippen molar-refractivity contribution in [2.45, 2.75) is 33.0 Å². The maximum Gasteiger partial charge on any atom is 0.349 e. The lowest BCUT2D eigenvalue weighted by Crippen LogP contribution is -2.39. The minimum absolute atomic E-state index is 0.214. The smallest absolute Gasteiger partial charge is 0.349 e. The number of rotatable bonds is 7. The van der Waals surface area contributed by atoms with E-state index in [1.54, 1.807) is 17.9 Å². The standard InChI is InChI=1S/C23H23NO3S/c1-17-13-14-21(28-17)23(26)27-18(2)22(25)24(15-19-9-5-3-6-10-19)16-20-11-7-4-8-12-20/h3-14,18H,15-16H2,1-2H3/t18-/m1/s1. The fourth-order valence-corrected chi connectivity index (χ4v) is 3.64. The van der Waals surface area contributed by atoms with E-state index >= 15 is 0 Å². The number of carbonyl (C=O) groups is 2. The molecule has 28 heavy (non-hydrogen) atoms. The van der Waals surface area contributed by atoms with Crippen LogP contribution in [-0.4, -0.2) is 22.9 Å². The Bertz CT molecular complexity index is 880. The molecule has 3 aromatic rings. The third-order valence-corrected chi connectivity index (χ3v) is 5.30. The van der Waals surface area contributed by atoms with Crippen LogP contribution in [0.5, 0.6) is 0 Å². The van der Waals surface area contributed by atoms with Crippen molar-refractivity contribution in [1.82, 2.24) is 4.90 Å². The zero-order valence-corrected chi connectivity index (χ0v) is 16.8. The molecule has 1 atom stereocenters. The lowest BCUT2D eigenvalue weighted by molar-refractivity contribution is -0.141. The topological polar surface area (TPSA) is 46.6 Å². The van der Waals surface area contributed by atoms with Crippen LogP contribution >= 0.6 is 11.3 Å². The number of thiophene rings is 1. The molecule has 0 saturated carbocycles. The summed E-state index contributed by atoms with van der Waals surface area (Å²) in [6.07, 6.45) is -0.859. The number of hydrogen-bond acceptors (Lipinski definition) is 4. The molecule has 0 radical (unpaired) electrons. The second-order valence-electron chi connectivity index (χ2n) is 6.62. The van der Waals surface area contributed by atoms with Gasteiger partial charge >= 0.3 is 5.97 Å². The van der Waals surface area contributed by atoms with Gasteiger partial charge < -0.3 is 9.64 Å². The number of ether oxygens (including phenoxy) is 1. The van der Waals surface area contributed by atoms with Crippen LogP contribution < -0.4 is 0 Å². The molecule has 0 bridgehead atoms. The predicted molar refractivity (Wildman–Crippen MR) is 111 cm³/mol. The van der Waals surface area contributed by atoms with Gasteiger partial charge in [-0.2, -0.15) is 0 Å². The normalized spacial score (nSPS) is 11.6. The molecule has 0 aliphatic carbocycles. The molecule has 0 aliphatic heterocycles. The van der Waals surface area contributed by atoms with E-state index in [0.717, 1.165) is 16.0 Å². The van der Waals surface area contributed by atoms with E-state index in [-0.39, 0.29) is 5.91 Å². The van der Waals surface area contributed by atoms with Crippen LogP contribution in [0.1, 0.15) is 32.6 Å². The molecule has 144 valence electrons. The van der Waals surface area contributed by atoms with Gasteiger partial charge in [-0.25, -0.2) is 4.79 Å². The summed E-state index contributed by atoms with van der Waals surface area (Å²) in [6.45, 7) is 4.46. The molecule has 0 aliphatic rings. The summed E-state index contributed by atoms with van der Waals surface area (Å²) in [4.78, 5) is 28.7. The Kier molecular flexibility index (Phi) is 6.61. The Morgan fingerprint density at radius 3 is 1.89 bits per heavy atom. The van der Waals surface area contributed by atoms with Crippen LogP contribution in [0.15, 0.2) is 72.8 Å². The van der Waals surface area contributed by atoms with Crippen LogP contribution in [0.2, 0.25) is 0 Å². The van der Waals surface area contributed by atoms with Crippen molar-refractivity contribution in [2.24, 2.45) is 0 Å². The van der Waals surface area contributed by atoms with E-state index < -0.39 is 12.1 Å². The summed E-state index contributed by atoms with van der Waals surface area (Å²) in [6, 6.07) is 23.2. The van der Waals surface area contributed by atoms with Crippen LogP contribution in [0.4, 0.5) is 0 Å². The third kappa shape index (κ3) is 5.30. The van der Waals surface area contributed by atoms with Gasteiger partial charge in [-0.3, -0.25) is 4.79 Å². The van der Waals surface area contributed by atoms with Gasteiger partial charge in [0.05, 0.1) is 0 Å². The Morgan fingerprint density at radius 1 is 0.893 bits per heavy atom. The summed E-state index contributed by atoms with van der Waals surface area (Å²) in [5, 5.41) is 0. The van der Waals surface area contributed by atoms with Crippen LogP contribution in [0.3, 0.4) is 0 Å². The first kappa shape index (κ1) is 19.8. The zero-order valence-electron chi connectivity index (χ0n) is 16.0. The van der Waals surface area contributed by atoms with Crippen molar-refractivity contribution in [1.29, 1.82) is 0 Å². The van der Waals surface area contributed by atoms with E-state index in [0.29, 0.717) is 18.0 Å². The van der Waals surface area contributed by atoms with E-state index in [1.807, 2.05) is 73.7 Å². The highest BCUT2D eigenvalue weighted by atomic mass is 32.1. The number of benzene rings is 2. The monoisotopic (exact) mass is 393 g/mol. The van der Waals surface area contributed by atoms with Gasteiger partial charge in [-0.15, -0.1) is 11.3 Å². The molecule has 0 fully saturated rings. The van der Waals surface area contributed by atoms with Gasteiger partial charge in [0.1, 0.15) is 4.88 Å². The van der Waals surface area contributed by atoms with Gasteiger partial charge in [0.15, 0.2) is 6.10 Å². The predicted octanol–water partition coefficient (Wildman–Crippen LogP) is 4.83. The first-order valence-corrected chi connectivity index (χ1v) is 9.98. The quantitative estimate of drug-likeness (QED) is 0.540. The lowest BCUT2D eigenvalue weighted by Gasteiger charge is -2.26. The molecule has 0 spiro atoms. The first-order valence-electron chi connectivity index (χ1n) is 9.17. The van der Waals surface area contributed by atoms with Crippen LogP contribution in [0, 0.1) is 6.92 Å². The summed E-state index contributed by atoms with van der Waals surface area (Å²) in [5.41, 5.74) is 2.05. The van der Waals surface area contributed by atoms with Crippen molar-refractivity contribution >= 4 is 23.2 Å². The molecule has 1 amide bonds. The molecule has 1 aromatic heterocycles. The van der Waals surface area contributed by atoms with E-state index in [4.69, 9.17) is 4.74 Å².